The molecule has 0 bridgehead atoms. The first-order valence-electron chi connectivity index (χ1n) is 8.64. The largest absolute Gasteiger partial charge is 0.550 e. The van der Waals surface area contributed by atoms with Crippen LogP contribution in [0.25, 0.3) is 11.1 Å². The molecule has 2 aromatic rings. The van der Waals surface area contributed by atoms with Crippen LogP contribution >= 0.6 is 0 Å². The van der Waals surface area contributed by atoms with Crippen LogP contribution in [0.1, 0.15) is 23.5 Å². The Kier molecular flexibility index (Phi) is 4.21. The van der Waals surface area contributed by atoms with Gasteiger partial charge in [-0.15, -0.1) is 0 Å². The lowest BCUT2D eigenvalue weighted by Gasteiger charge is -2.17. The number of nitrogens with one attached hydrogen (secondary N) is 1. The number of carbonyl (C=O) groups excluding carboxylic acids is 2. The predicted molar refractivity (Wildman–Crippen MR) is 94.2 cm³/mol. The van der Waals surface area contributed by atoms with E-state index in [-0.39, 0.29) is 18.6 Å². The van der Waals surface area contributed by atoms with E-state index in [4.69, 9.17) is 4.74 Å². The van der Waals surface area contributed by atoms with E-state index in [0.29, 0.717) is 6.42 Å². The number of benzene rings is 2. The molecule has 4 rings (SSSR count). The van der Waals surface area contributed by atoms with E-state index in [2.05, 4.69) is 29.6 Å². The van der Waals surface area contributed by atoms with Crippen molar-refractivity contribution in [2.75, 3.05) is 6.61 Å². The molecule has 2 aliphatic rings. The number of alkyl carbamates (subject to hydrolysis) is 1. The number of fused-ring (bicyclic) bond motifs is 3. The zero-order valence-electron chi connectivity index (χ0n) is 14.1. The van der Waals surface area contributed by atoms with Crippen LogP contribution in [-0.2, 0) is 9.53 Å². The molecule has 2 atom stereocenters. The van der Waals surface area contributed by atoms with Gasteiger partial charge in [-0.05, 0) is 28.7 Å². The van der Waals surface area contributed by atoms with E-state index in [1.54, 1.807) is 12.2 Å². The van der Waals surface area contributed by atoms with Gasteiger partial charge in [-0.1, -0.05) is 60.7 Å². The smallest absolute Gasteiger partial charge is 0.407 e. The molecular weight excluding hydrogens is 330 g/mol. The van der Waals surface area contributed by atoms with Crippen LogP contribution in [0.5, 0.6) is 0 Å². The van der Waals surface area contributed by atoms with Gasteiger partial charge in [-0.25, -0.2) is 4.79 Å². The highest BCUT2D eigenvalue weighted by Crippen LogP contribution is 2.44. The summed E-state index contributed by atoms with van der Waals surface area (Å²) in [6.45, 7) is 0.236. The first-order valence-corrected chi connectivity index (χ1v) is 8.64. The van der Waals surface area contributed by atoms with Gasteiger partial charge in [0.15, 0.2) is 0 Å². The molecule has 0 saturated carbocycles. The van der Waals surface area contributed by atoms with Gasteiger partial charge in [0, 0.05) is 17.8 Å². The Morgan fingerprint density at radius 2 is 1.62 bits per heavy atom. The maximum atomic E-state index is 12.1. The fraction of sp³-hybridized carbons (Fsp3) is 0.238. The predicted octanol–water partition coefficient (Wildman–Crippen LogP) is 2.22. The van der Waals surface area contributed by atoms with Crippen LogP contribution in [0.2, 0.25) is 0 Å². The van der Waals surface area contributed by atoms with E-state index in [9.17, 15) is 14.7 Å². The average molecular weight is 348 g/mol. The second kappa shape index (κ2) is 6.67. The standard InChI is InChI=1S/C21H19NO4/c23-20(24)13-9-10-14(11-13)22-21(25)26-12-19-17-7-3-1-5-15(17)16-6-2-4-8-18(16)19/h1-10,13-14,19H,11-12H2,(H,22,25)(H,23,24)/p-1/t13-,14+/m1/s1. The molecule has 0 unspecified atom stereocenters. The number of carboxylic acids is 1. The Labute approximate surface area is 151 Å². The van der Waals surface area contributed by atoms with Gasteiger partial charge in [0.05, 0.1) is 6.04 Å². The van der Waals surface area contributed by atoms with Crippen LogP contribution in [0.15, 0.2) is 60.7 Å². The molecule has 132 valence electrons. The summed E-state index contributed by atoms with van der Waals surface area (Å²) < 4.78 is 5.45. The molecular formula is C21H18NO4-. The second-order valence-electron chi connectivity index (χ2n) is 6.62. The van der Waals surface area contributed by atoms with Crippen molar-refractivity contribution in [1.82, 2.24) is 5.32 Å². The highest BCUT2D eigenvalue weighted by atomic mass is 16.5. The van der Waals surface area contributed by atoms with Crippen LogP contribution < -0.4 is 10.4 Å². The summed E-state index contributed by atoms with van der Waals surface area (Å²) in [5, 5.41) is 13.6. The molecule has 5 heteroatoms. The first kappa shape index (κ1) is 16.4. The number of hydrogen-bond acceptors (Lipinski definition) is 4. The van der Waals surface area contributed by atoms with Crippen molar-refractivity contribution in [3.05, 3.63) is 71.8 Å². The third-order valence-electron chi connectivity index (χ3n) is 5.03. The minimum Gasteiger partial charge on any atom is -0.550 e. The average Bonchev–Trinajstić information content (AvgIpc) is 3.23. The quantitative estimate of drug-likeness (QED) is 0.860. The summed E-state index contributed by atoms with van der Waals surface area (Å²) in [6.07, 6.45) is 2.97. The third-order valence-corrected chi connectivity index (χ3v) is 5.03. The maximum Gasteiger partial charge on any atom is 0.407 e. The van der Waals surface area contributed by atoms with E-state index in [1.807, 2.05) is 24.3 Å². The number of carbonyl (C=O) groups is 2. The van der Waals surface area contributed by atoms with Crippen molar-refractivity contribution in [3.63, 3.8) is 0 Å². The Morgan fingerprint density at radius 3 is 2.19 bits per heavy atom. The Morgan fingerprint density at radius 1 is 1.00 bits per heavy atom. The number of ether oxygens (including phenoxy) is 1. The molecule has 0 saturated heterocycles. The normalized spacial score (nSPS) is 20.5. The maximum absolute atomic E-state index is 12.1. The van der Waals surface area contributed by atoms with Crippen molar-refractivity contribution in [2.45, 2.75) is 18.4 Å². The van der Waals surface area contributed by atoms with Crippen molar-refractivity contribution in [2.24, 2.45) is 5.92 Å². The van der Waals surface area contributed by atoms with Crippen molar-refractivity contribution >= 4 is 12.1 Å². The SMILES string of the molecule is O=C(N[C@H]1C=C[C@@H](C(=O)[O-])C1)OCC1c2ccccc2-c2ccccc21. The first-order chi connectivity index (χ1) is 12.6. The molecule has 0 aromatic heterocycles. The minimum absolute atomic E-state index is 0.00300. The van der Waals surface area contributed by atoms with Crippen LogP contribution in [0.3, 0.4) is 0 Å². The Hall–Kier alpha value is -3.08. The lowest BCUT2D eigenvalue weighted by molar-refractivity contribution is -0.309. The molecule has 1 amide bonds. The molecule has 0 radical (unpaired) electrons. The van der Waals surface area contributed by atoms with Crippen molar-refractivity contribution in [3.8, 4) is 11.1 Å². The van der Waals surface area contributed by atoms with Gasteiger partial charge < -0.3 is 20.0 Å². The van der Waals surface area contributed by atoms with E-state index in [1.165, 1.54) is 11.1 Å². The summed E-state index contributed by atoms with van der Waals surface area (Å²) in [5.41, 5.74) is 4.65. The monoisotopic (exact) mass is 348 g/mol. The lowest BCUT2D eigenvalue weighted by atomic mass is 9.98. The molecule has 0 aliphatic heterocycles. The summed E-state index contributed by atoms with van der Waals surface area (Å²) in [5.74, 6) is -1.78. The second-order valence-corrected chi connectivity index (χ2v) is 6.62. The van der Waals surface area contributed by atoms with Crippen LogP contribution in [-0.4, -0.2) is 24.7 Å². The van der Waals surface area contributed by atoms with Crippen LogP contribution in [0, 0.1) is 5.92 Å². The Bertz CT molecular complexity index is 844. The van der Waals surface area contributed by atoms with Crippen LogP contribution in [0.4, 0.5) is 4.79 Å². The lowest BCUT2D eigenvalue weighted by Crippen LogP contribution is -2.36. The van der Waals surface area contributed by atoms with Gasteiger partial charge >= 0.3 is 6.09 Å². The Balaban J connectivity index is 1.41. The summed E-state index contributed by atoms with van der Waals surface area (Å²) >= 11 is 0. The van der Waals surface area contributed by atoms with Crippen molar-refractivity contribution < 1.29 is 19.4 Å². The van der Waals surface area contributed by atoms with E-state index in [0.717, 1.165) is 11.1 Å². The zero-order chi connectivity index (χ0) is 18.1. The number of hydrogen-bond donors (Lipinski definition) is 1. The third kappa shape index (κ3) is 2.96. The van der Waals surface area contributed by atoms with E-state index >= 15 is 0 Å². The number of aliphatic carboxylic acids is 1. The minimum atomic E-state index is -1.13. The summed E-state index contributed by atoms with van der Waals surface area (Å²) in [7, 11) is 0. The van der Waals surface area contributed by atoms with Crippen molar-refractivity contribution in [1.29, 1.82) is 0 Å². The summed E-state index contributed by atoms with van der Waals surface area (Å²) in [4.78, 5) is 23.0. The molecule has 26 heavy (non-hydrogen) atoms. The van der Waals surface area contributed by atoms with Gasteiger partial charge in [-0.2, -0.15) is 0 Å². The fourth-order valence-corrected chi connectivity index (χ4v) is 3.77. The molecule has 2 aliphatic carbocycles. The number of amides is 1. The number of rotatable bonds is 4. The summed E-state index contributed by atoms with van der Waals surface area (Å²) in [6, 6.07) is 15.9. The molecule has 0 spiro atoms. The molecule has 2 aromatic carbocycles. The zero-order valence-corrected chi connectivity index (χ0v) is 14.1. The molecule has 5 nitrogen and oxygen atoms in total. The van der Waals surface area contributed by atoms with Gasteiger partial charge in [0.25, 0.3) is 0 Å². The van der Waals surface area contributed by atoms with Gasteiger partial charge in [-0.3, -0.25) is 0 Å². The molecule has 0 heterocycles. The van der Waals surface area contributed by atoms with Gasteiger partial charge in [0.1, 0.15) is 6.61 Å². The highest BCUT2D eigenvalue weighted by molar-refractivity contribution is 5.79. The van der Waals surface area contributed by atoms with E-state index < -0.39 is 18.0 Å². The molecule has 1 N–H and O–H groups in total. The molecule has 0 fully saturated rings. The van der Waals surface area contributed by atoms with Gasteiger partial charge in [0.2, 0.25) is 0 Å². The highest BCUT2D eigenvalue weighted by Gasteiger charge is 2.29. The fourth-order valence-electron chi connectivity index (χ4n) is 3.77. The number of carboxylic acid groups (broad SMARTS) is 1. The topological polar surface area (TPSA) is 78.5 Å².